The predicted octanol–water partition coefficient (Wildman–Crippen LogP) is 2.41. The number of benzene rings is 1. The molecule has 0 spiro atoms. The van der Waals surface area contributed by atoms with Crippen molar-refractivity contribution in [2.45, 2.75) is 31.1 Å². The lowest BCUT2D eigenvalue weighted by Gasteiger charge is -2.19. The first-order valence-electron chi connectivity index (χ1n) is 6.08. The van der Waals surface area contributed by atoms with Crippen LogP contribution < -0.4 is 0 Å². The number of amides is 1. The van der Waals surface area contributed by atoms with Gasteiger partial charge < -0.3 is 14.7 Å². The molecule has 1 N–H and O–H groups in total. The zero-order valence-electron chi connectivity index (χ0n) is 9.75. The number of hydrogen-bond donors (Lipinski definition) is 1. The maximum atomic E-state index is 13.6. The summed E-state index contributed by atoms with van der Waals surface area (Å²) in [5.74, 6) is -0.287. The molecule has 0 radical (unpaired) electrons. The molecule has 2 aliphatic heterocycles. The van der Waals surface area contributed by atoms with Crippen LogP contribution in [0.25, 0.3) is 0 Å². The molecule has 0 aliphatic carbocycles. The largest absolute Gasteiger partial charge is 0.465 e. The topological polar surface area (TPSA) is 53.1 Å². The Labute approximate surface area is 104 Å². The Hall–Kier alpha value is -1.62. The normalized spacial score (nSPS) is 30.5. The highest BCUT2D eigenvalue weighted by molar-refractivity contribution is 5.66. The number of rotatable bonds is 2. The van der Waals surface area contributed by atoms with Crippen molar-refractivity contribution in [2.24, 2.45) is 0 Å². The van der Waals surface area contributed by atoms with E-state index in [4.69, 9.17) is 9.84 Å². The Morgan fingerprint density at radius 3 is 2.94 bits per heavy atom. The fourth-order valence-electron chi connectivity index (χ4n) is 2.74. The van der Waals surface area contributed by atoms with Gasteiger partial charge in [-0.2, -0.15) is 0 Å². The minimum absolute atomic E-state index is 0.132. The molecular formula is C13H14FNO3. The van der Waals surface area contributed by atoms with Crippen molar-refractivity contribution in [1.29, 1.82) is 0 Å². The molecule has 1 aromatic rings. The quantitative estimate of drug-likeness (QED) is 0.821. The van der Waals surface area contributed by atoms with Crippen LogP contribution in [0.15, 0.2) is 24.3 Å². The van der Waals surface area contributed by atoms with Gasteiger partial charge in [-0.1, -0.05) is 18.2 Å². The first kappa shape index (κ1) is 11.5. The van der Waals surface area contributed by atoms with Crippen molar-refractivity contribution >= 4 is 6.09 Å². The summed E-state index contributed by atoms with van der Waals surface area (Å²) in [4.78, 5) is 12.5. The highest BCUT2D eigenvalue weighted by atomic mass is 19.1. The molecule has 3 rings (SSSR count). The fraction of sp³-hybridized carbons (Fsp3) is 0.462. The molecular weight excluding hydrogens is 237 g/mol. The number of likely N-dealkylation sites (tertiary alicyclic amines) is 1. The van der Waals surface area contributed by atoms with Crippen molar-refractivity contribution in [3.8, 4) is 0 Å². The maximum Gasteiger partial charge on any atom is 0.407 e. The molecule has 2 heterocycles. The van der Waals surface area contributed by atoms with Gasteiger partial charge in [0.15, 0.2) is 0 Å². The SMILES string of the molecule is O=C(O)N1CCCC1[C@@H]1O[C@H]1c1ccccc1F. The first-order chi connectivity index (χ1) is 8.68. The minimum Gasteiger partial charge on any atom is -0.465 e. The van der Waals surface area contributed by atoms with Crippen LogP contribution in [-0.2, 0) is 4.74 Å². The molecule has 0 bridgehead atoms. The summed E-state index contributed by atoms with van der Waals surface area (Å²) in [7, 11) is 0. The second-order valence-electron chi connectivity index (χ2n) is 4.73. The zero-order chi connectivity index (χ0) is 12.7. The molecule has 2 fully saturated rings. The van der Waals surface area contributed by atoms with Gasteiger partial charge in [-0.15, -0.1) is 0 Å². The Bertz CT molecular complexity index is 479. The average Bonchev–Trinajstić information content (AvgIpc) is 2.97. The summed E-state index contributed by atoms with van der Waals surface area (Å²) in [6.45, 7) is 0.545. The zero-order valence-corrected chi connectivity index (χ0v) is 9.75. The monoisotopic (exact) mass is 251 g/mol. The van der Waals surface area contributed by atoms with Crippen molar-refractivity contribution in [1.82, 2.24) is 4.90 Å². The fourth-order valence-corrected chi connectivity index (χ4v) is 2.74. The molecule has 1 amide bonds. The van der Waals surface area contributed by atoms with Crippen LogP contribution in [-0.4, -0.2) is 34.8 Å². The first-order valence-corrected chi connectivity index (χ1v) is 6.08. The molecule has 5 heteroatoms. The van der Waals surface area contributed by atoms with E-state index in [2.05, 4.69) is 0 Å². The van der Waals surface area contributed by atoms with Crippen LogP contribution in [0.1, 0.15) is 24.5 Å². The van der Waals surface area contributed by atoms with E-state index in [9.17, 15) is 9.18 Å². The summed E-state index contributed by atoms with van der Waals surface area (Å²) in [6.07, 6.45) is 0.236. The number of ether oxygens (including phenoxy) is 1. The van der Waals surface area contributed by atoms with E-state index in [1.165, 1.54) is 11.0 Å². The van der Waals surface area contributed by atoms with E-state index in [1.54, 1.807) is 18.2 Å². The second kappa shape index (κ2) is 4.24. The molecule has 0 saturated carbocycles. The van der Waals surface area contributed by atoms with Gasteiger partial charge in [0.1, 0.15) is 18.0 Å². The molecule has 0 aromatic heterocycles. The number of epoxide rings is 1. The molecule has 1 aromatic carbocycles. The van der Waals surface area contributed by atoms with E-state index in [-0.39, 0.29) is 24.1 Å². The van der Waals surface area contributed by atoms with E-state index in [0.717, 1.165) is 12.8 Å². The third-order valence-corrected chi connectivity index (χ3v) is 3.66. The summed E-state index contributed by atoms with van der Waals surface area (Å²) in [5, 5.41) is 9.07. The third-order valence-electron chi connectivity index (χ3n) is 3.66. The lowest BCUT2D eigenvalue weighted by atomic mass is 10.0. The Balaban J connectivity index is 1.74. The minimum atomic E-state index is -0.916. The number of nitrogens with zero attached hydrogens (tertiary/aromatic N) is 1. The average molecular weight is 251 g/mol. The van der Waals surface area contributed by atoms with Crippen LogP contribution in [0.4, 0.5) is 9.18 Å². The number of carbonyl (C=O) groups is 1. The van der Waals surface area contributed by atoms with Gasteiger partial charge >= 0.3 is 6.09 Å². The van der Waals surface area contributed by atoms with Gasteiger partial charge in [0.25, 0.3) is 0 Å². The number of carboxylic acid groups (broad SMARTS) is 1. The molecule has 18 heavy (non-hydrogen) atoms. The van der Waals surface area contributed by atoms with Gasteiger partial charge in [-0.05, 0) is 18.9 Å². The van der Waals surface area contributed by atoms with Gasteiger partial charge in [-0.3, -0.25) is 0 Å². The Morgan fingerprint density at radius 1 is 1.44 bits per heavy atom. The van der Waals surface area contributed by atoms with Crippen molar-refractivity contribution < 1.29 is 19.0 Å². The highest BCUT2D eigenvalue weighted by Gasteiger charge is 2.51. The van der Waals surface area contributed by atoms with Gasteiger partial charge in [0.05, 0.1) is 6.04 Å². The van der Waals surface area contributed by atoms with Gasteiger partial charge in [-0.25, -0.2) is 9.18 Å². The molecule has 2 saturated heterocycles. The summed E-state index contributed by atoms with van der Waals surface area (Å²) in [6, 6.07) is 6.36. The van der Waals surface area contributed by atoms with E-state index >= 15 is 0 Å². The number of hydrogen-bond acceptors (Lipinski definition) is 2. The van der Waals surface area contributed by atoms with E-state index in [0.29, 0.717) is 12.1 Å². The van der Waals surface area contributed by atoms with Crippen molar-refractivity contribution in [3.05, 3.63) is 35.6 Å². The maximum absolute atomic E-state index is 13.6. The summed E-state index contributed by atoms with van der Waals surface area (Å²) in [5.41, 5.74) is 0.528. The van der Waals surface area contributed by atoms with E-state index < -0.39 is 6.09 Å². The second-order valence-corrected chi connectivity index (χ2v) is 4.73. The predicted molar refractivity (Wildman–Crippen MR) is 61.8 cm³/mol. The summed E-state index contributed by atoms with van der Waals surface area (Å²) >= 11 is 0. The molecule has 2 aliphatic rings. The smallest absolute Gasteiger partial charge is 0.407 e. The van der Waals surface area contributed by atoms with Crippen LogP contribution in [0, 0.1) is 5.82 Å². The summed E-state index contributed by atoms with van der Waals surface area (Å²) < 4.78 is 19.1. The molecule has 4 nitrogen and oxygen atoms in total. The van der Waals surface area contributed by atoms with E-state index in [1.807, 2.05) is 0 Å². The van der Waals surface area contributed by atoms with Crippen molar-refractivity contribution in [2.75, 3.05) is 6.54 Å². The van der Waals surface area contributed by atoms with Gasteiger partial charge in [0, 0.05) is 12.1 Å². The Kier molecular flexibility index (Phi) is 2.70. The third kappa shape index (κ3) is 1.84. The number of halogens is 1. The van der Waals surface area contributed by atoms with Crippen LogP contribution in [0.5, 0.6) is 0 Å². The highest BCUT2D eigenvalue weighted by Crippen LogP contribution is 2.45. The van der Waals surface area contributed by atoms with Gasteiger partial charge in [0.2, 0.25) is 0 Å². The lowest BCUT2D eigenvalue weighted by molar-refractivity contribution is 0.132. The molecule has 96 valence electrons. The van der Waals surface area contributed by atoms with Crippen LogP contribution in [0.3, 0.4) is 0 Å². The molecule has 1 unspecified atom stereocenters. The molecule has 3 atom stereocenters. The lowest BCUT2D eigenvalue weighted by Crippen LogP contribution is -2.37. The standard InChI is InChI=1S/C13H14FNO3/c14-9-5-2-1-4-8(9)11-12(18-11)10-6-3-7-15(10)13(16)17/h1-2,4-5,10-12H,3,6-7H2,(H,16,17)/t10?,11-,12-/m0/s1. The van der Waals surface area contributed by atoms with Crippen molar-refractivity contribution in [3.63, 3.8) is 0 Å². The van der Waals surface area contributed by atoms with Crippen LogP contribution in [0.2, 0.25) is 0 Å². The van der Waals surface area contributed by atoms with Crippen LogP contribution >= 0.6 is 0 Å². The Morgan fingerprint density at radius 2 is 2.22 bits per heavy atom.